The molecule has 0 heterocycles. The van der Waals surface area contributed by atoms with Crippen LogP contribution in [0.4, 0.5) is 0 Å². The second-order valence-corrected chi connectivity index (χ2v) is 12.7. The van der Waals surface area contributed by atoms with Gasteiger partial charge in [0, 0.05) is 21.8 Å². The Morgan fingerprint density at radius 1 is 0.710 bits per heavy atom. The molecule has 0 bridgehead atoms. The first-order valence-corrected chi connectivity index (χ1v) is 11.3. The topological polar surface area (TPSA) is 66.5 Å². The summed E-state index contributed by atoms with van der Waals surface area (Å²) in [5, 5.41) is 3.46. The van der Waals surface area contributed by atoms with Crippen molar-refractivity contribution in [2.24, 2.45) is 16.2 Å². The summed E-state index contributed by atoms with van der Waals surface area (Å²) in [6, 6.07) is -0.454. The zero-order valence-electron chi connectivity index (χ0n) is 21.8. The number of ketones is 3. The number of nitrogens with one attached hydrogen (secondary N) is 1. The Morgan fingerprint density at radius 3 is 1.39 bits per heavy atom. The molecule has 0 aliphatic heterocycles. The van der Waals surface area contributed by atoms with Crippen LogP contribution in [0.15, 0.2) is 0 Å². The van der Waals surface area contributed by atoms with Crippen molar-refractivity contribution in [1.82, 2.24) is 10.2 Å². The summed E-state index contributed by atoms with van der Waals surface area (Å²) >= 11 is 0. The SMILES string of the molecule is C.CC(C)(C)NCCCC(C(=O)C(C)(C)C)N(CC(=O)C(C)(C)C)CC(=O)C(C)(C)C. The molecule has 1 N–H and O–H groups in total. The monoisotopic (exact) mass is 440 g/mol. The highest BCUT2D eigenvalue weighted by molar-refractivity contribution is 5.92. The van der Waals surface area contributed by atoms with Gasteiger partial charge in [-0.25, -0.2) is 0 Å². The van der Waals surface area contributed by atoms with Gasteiger partial charge >= 0.3 is 0 Å². The van der Waals surface area contributed by atoms with Gasteiger partial charge < -0.3 is 5.32 Å². The summed E-state index contributed by atoms with van der Waals surface area (Å²) in [6.45, 7) is 24.4. The summed E-state index contributed by atoms with van der Waals surface area (Å²) in [5.74, 6) is 0.175. The lowest BCUT2D eigenvalue weighted by atomic mass is 9.82. The van der Waals surface area contributed by atoms with E-state index in [1.165, 1.54) is 0 Å². The van der Waals surface area contributed by atoms with Crippen LogP contribution < -0.4 is 5.32 Å². The van der Waals surface area contributed by atoms with Crippen LogP contribution in [0.3, 0.4) is 0 Å². The maximum atomic E-state index is 13.4. The molecule has 5 nitrogen and oxygen atoms in total. The highest BCUT2D eigenvalue weighted by Crippen LogP contribution is 2.26. The normalized spacial score (nSPS) is 14.2. The van der Waals surface area contributed by atoms with Gasteiger partial charge in [0.15, 0.2) is 17.3 Å². The van der Waals surface area contributed by atoms with E-state index in [4.69, 9.17) is 0 Å². The molecule has 0 saturated carbocycles. The average molecular weight is 441 g/mol. The van der Waals surface area contributed by atoms with E-state index < -0.39 is 22.3 Å². The van der Waals surface area contributed by atoms with Gasteiger partial charge in [-0.15, -0.1) is 0 Å². The Kier molecular flexibility index (Phi) is 12.1. The zero-order valence-corrected chi connectivity index (χ0v) is 21.8. The van der Waals surface area contributed by atoms with Crippen LogP contribution in [0.1, 0.15) is 103 Å². The predicted molar refractivity (Wildman–Crippen MR) is 132 cm³/mol. The van der Waals surface area contributed by atoms with Gasteiger partial charge in [-0.1, -0.05) is 69.7 Å². The standard InChI is InChI=1S/C25H48N2O3.CH4/c1-22(2,3)19(28)16-27(17-20(29)23(4,5)6)18(21(30)24(7,8)9)14-13-15-26-25(10,11)12;/h18,26H,13-17H2,1-12H3;1H4. The van der Waals surface area contributed by atoms with Crippen LogP contribution in [-0.2, 0) is 14.4 Å². The third kappa shape index (κ3) is 12.5. The van der Waals surface area contributed by atoms with E-state index in [-0.39, 0.29) is 43.4 Å². The van der Waals surface area contributed by atoms with Gasteiger partial charge in [-0.05, 0) is 40.2 Å². The molecule has 184 valence electrons. The lowest BCUT2D eigenvalue weighted by molar-refractivity contribution is -0.137. The first kappa shape index (κ1) is 32.1. The van der Waals surface area contributed by atoms with Gasteiger partial charge in [-0.3, -0.25) is 19.3 Å². The number of hydrogen-bond acceptors (Lipinski definition) is 5. The largest absolute Gasteiger partial charge is 0.312 e. The van der Waals surface area contributed by atoms with Crippen molar-refractivity contribution in [3.05, 3.63) is 0 Å². The molecular weight excluding hydrogens is 388 g/mol. The molecular formula is C26H52N2O3. The first-order valence-electron chi connectivity index (χ1n) is 11.3. The second kappa shape index (κ2) is 11.7. The van der Waals surface area contributed by atoms with Gasteiger partial charge in [0.1, 0.15) is 0 Å². The number of nitrogens with zero attached hydrogens (tertiary/aromatic N) is 1. The van der Waals surface area contributed by atoms with Gasteiger partial charge in [0.25, 0.3) is 0 Å². The minimum Gasteiger partial charge on any atom is -0.312 e. The van der Waals surface area contributed by atoms with Crippen LogP contribution in [0.25, 0.3) is 0 Å². The molecule has 1 atom stereocenters. The Bertz CT molecular complexity index is 568. The molecule has 0 spiro atoms. The summed E-state index contributed by atoms with van der Waals surface area (Å²) in [7, 11) is 0. The van der Waals surface area contributed by atoms with Crippen molar-refractivity contribution in [3.8, 4) is 0 Å². The predicted octanol–water partition coefficient (Wildman–Crippen LogP) is 5.31. The number of carbonyl (C=O) groups excluding carboxylic acids is 3. The van der Waals surface area contributed by atoms with Crippen molar-refractivity contribution in [3.63, 3.8) is 0 Å². The van der Waals surface area contributed by atoms with Gasteiger partial charge in [0.05, 0.1) is 19.1 Å². The number of hydrogen-bond donors (Lipinski definition) is 1. The summed E-state index contributed by atoms with van der Waals surface area (Å²) < 4.78 is 0. The highest BCUT2D eigenvalue weighted by Gasteiger charge is 2.37. The minimum atomic E-state index is -0.546. The third-order valence-corrected chi connectivity index (χ3v) is 5.16. The van der Waals surface area contributed by atoms with Gasteiger partial charge in [-0.2, -0.15) is 0 Å². The molecule has 0 aliphatic carbocycles. The molecule has 0 rings (SSSR count). The molecule has 0 aromatic carbocycles. The Morgan fingerprint density at radius 2 is 1.10 bits per heavy atom. The fourth-order valence-electron chi connectivity index (χ4n) is 2.86. The number of rotatable bonds is 10. The lowest BCUT2D eigenvalue weighted by Crippen LogP contribution is -2.52. The summed E-state index contributed by atoms with van der Waals surface area (Å²) in [6.07, 6.45) is 1.42. The Hall–Kier alpha value is -1.07. The molecule has 0 aromatic rings. The van der Waals surface area contributed by atoms with E-state index in [0.717, 1.165) is 13.0 Å². The van der Waals surface area contributed by atoms with Crippen molar-refractivity contribution >= 4 is 17.3 Å². The van der Waals surface area contributed by atoms with Crippen molar-refractivity contribution in [1.29, 1.82) is 0 Å². The fraction of sp³-hybridized carbons (Fsp3) is 0.885. The molecule has 0 aliphatic rings. The van der Waals surface area contributed by atoms with E-state index in [9.17, 15) is 14.4 Å². The van der Waals surface area contributed by atoms with Crippen LogP contribution in [-0.4, -0.2) is 53.5 Å². The molecule has 5 heteroatoms. The van der Waals surface area contributed by atoms with Crippen molar-refractivity contribution in [2.45, 2.75) is 115 Å². The summed E-state index contributed by atoms with van der Waals surface area (Å²) in [4.78, 5) is 40.9. The number of carbonyl (C=O) groups is 3. The third-order valence-electron chi connectivity index (χ3n) is 5.16. The maximum Gasteiger partial charge on any atom is 0.155 e. The minimum absolute atomic E-state index is 0. The molecule has 0 fully saturated rings. The van der Waals surface area contributed by atoms with Crippen LogP contribution >= 0.6 is 0 Å². The van der Waals surface area contributed by atoms with Crippen molar-refractivity contribution < 1.29 is 14.4 Å². The van der Waals surface area contributed by atoms with Crippen LogP contribution in [0, 0.1) is 16.2 Å². The van der Waals surface area contributed by atoms with Gasteiger partial charge in [0.2, 0.25) is 0 Å². The zero-order chi connectivity index (χ0) is 24.1. The van der Waals surface area contributed by atoms with E-state index in [1.54, 1.807) is 0 Å². The van der Waals surface area contributed by atoms with E-state index in [1.807, 2.05) is 67.2 Å². The first-order chi connectivity index (χ1) is 13.2. The smallest absolute Gasteiger partial charge is 0.155 e. The second-order valence-electron chi connectivity index (χ2n) is 12.7. The highest BCUT2D eigenvalue weighted by atomic mass is 16.1. The van der Waals surface area contributed by atoms with Crippen molar-refractivity contribution in [2.75, 3.05) is 19.6 Å². The molecule has 1 unspecified atom stereocenters. The lowest BCUT2D eigenvalue weighted by Gasteiger charge is -2.36. The molecule has 0 radical (unpaired) electrons. The number of Topliss-reactive ketones (excluding diaryl/α,β-unsaturated/α-hetero) is 3. The maximum absolute atomic E-state index is 13.4. The molecule has 0 saturated heterocycles. The van der Waals surface area contributed by atoms with Crippen LogP contribution in [0.5, 0.6) is 0 Å². The Labute approximate surface area is 193 Å². The summed E-state index contributed by atoms with van der Waals surface area (Å²) in [5.41, 5.74) is -1.58. The Balaban J connectivity index is 0. The quantitative estimate of drug-likeness (QED) is 0.467. The molecule has 31 heavy (non-hydrogen) atoms. The molecule has 0 amide bonds. The van der Waals surface area contributed by atoms with E-state index >= 15 is 0 Å². The van der Waals surface area contributed by atoms with E-state index in [2.05, 4.69) is 26.1 Å². The average Bonchev–Trinajstić information content (AvgIpc) is 2.49. The fourth-order valence-corrected chi connectivity index (χ4v) is 2.86. The van der Waals surface area contributed by atoms with Crippen LogP contribution in [0.2, 0.25) is 0 Å². The van der Waals surface area contributed by atoms with E-state index in [0.29, 0.717) is 6.42 Å². The molecule has 0 aromatic heterocycles.